The van der Waals surface area contributed by atoms with E-state index in [0.29, 0.717) is 37.5 Å². The minimum absolute atomic E-state index is 0.0143. The first-order chi connectivity index (χ1) is 17.4. The Balaban J connectivity index is 1.95. The maximum Gasteiger partial charge on any atom is 0.295 e. The molecule has 1 unspecified atom stereocenters. The summed E-state index contributed by atoms with van der Waals surface area (Å²) >= 11 is 0. The summed E-state index contributed by atoms with van der Waals surface area (Å²) in [4.78, 5) is 27.7. The molecule has 0 saturated carbocycles. The highest BCUT2D eigenvalue weighted by Crippen LogP contribution is 2.40. The van der Waals surface area contributed by atoms with E-state index in [1.54, 1.807) is 31.4 Å². The molecule has 2 aromatic rings. The SMILES string of the molecule is CCCCCOc1ccc(C2C(=C(O)c3ccc(OC(C)C)cc3)C(=O)C(=O)N2CCCOC)cc1. The molecule has 1 fully saturated rings. The third-order valence-electron chi connectivity index (χ3n) is 6.00. The van der Waals surface area contributed by atoms with Crippen molar-refractivity contribution in [2.75, 3.05) is 26.9 Å². The Labute approximate surface area is 213 Å². The Bertz CT molecular complexity index is 1040. The third-order valence-corrected chi connectivity index (χ3v) is 6.00. The second-order valence-electron chi connectivity index (χ2n) is 9.15. The number of nitrogens with zero attached hydrogens (tertiary/aromatic N) is 1. The Morgan fingerprint density at radius 3 is 2.22 bits per heavy atom. The van der Waals surface area contributed by atoms with Crippen LogP contribution in [0.15, 0.2) is 54.1 Å². The van der Waals surface area contributed by atoms with Crippen molar-refractivity contribution in [2.45, 2.75) is 58.6 Å². The van der Waals surface area contributed by atoms with Crippen molar-refractivity contribution in [3.63, 3.8) is 0 Å². The number of unbranched alkanes of at least 4 members (excludes halogenated alkanes) is 2. The molecular formula is C29H37NO6. The molecule has 1 aliphatic heterocycles. The maximum atomic E-state index is 13.1. The fraction of sp³-hybridized carbons (Fsp3) is 0.448. The van der Waals surface area contributed by atoms with Gasteiger partial charge in [-0.1, -0.05) is 31.9 Å². The van der Waals surface area contributed by atoms with E-state index in [0.717, 1.165) is 30.6 Å². The van der Waals surface area contributed by atoms with Crippen LogP contribution >= 0.6 is 0 Å². The average molecular weight is 496 g/mol. The largest absolute Gasteiger partial charge is 0.507 e. The number of rotatable bonds is 13. The Kier molecular flexibility index (Phi) is 9.94. The summed E-state index contributed by atoms with van der Waals surface area (Å²) in [6, 6.07) is 13.5. The van der Waals surface area contributed by atoms with E-state index in [2.05, 4.69) is 6.92 Å². The van der Waals surface area contributed by atoms with Crippen molar-refractivity contribution >= 4 is 17.4 Å². The molecule has 36 heavy (non-hydrogen) atoms. The van der Waals surface area contributed by atoms with Crippen LogP contribution in [0.5, 0.6) is 11.5 Å². The minimum Gasteiger partial charge on any atom is -0.507 e. The van der Waals surface area contributed by atoms with Gasteiger partial charge >= 0.3 is 0 Å². The van der Waals surface area contributed by atoms with E-state index < -0.39 is 17.7 Å². The number of hydrogen-bond acceptors (Lipinski definition) is 6. The van der Waals surface area contributed by atoms with Crippen molar-refractivity contribution in [3.8, 4) is 11.5 Å². The zero-order valence-corrected chi connectivity index (χ0v) is 21.7. The first kappa shape index (κ1) is 27.3. The molecule has 1 atom stereocenters. The van der Waals surface area contributed by atoms with Crippen molar-refractivity contribution in [3.05, 3.63) is 65.2 Å². The van der Waals surface area contributed by atoms with Gasteiger partial charge in [0, 0.05) is 25.8 Å². The number of hydrogen-bond donors (Lipinski definition) is 1. The van der Waals surface area contributed by atoms with E-state index in [4.69, 9.17) is 14.2 Å². The van der Waals surface area contributed by atoms with Crippen LogP contribution in [0.3, 0.4) is 0 Å². The lowest BCUT2D eigenvalue weighted by molar-refractivity contribution is -0.140. The third kappa shape index (κ3) is 6.66. The number of methoxy groups -OCH3 is 1. The van der Waals surface area contributed by atoms with Crippen LogP contribution in [-0.2, 0) is 14.3 Å². The summed E-state index contributed by atoms with van der Waals surface area (Å²) in [5.41, 5.74) is 1.25. The summed E-state index contributed by atoms with van der Waals surface area (Å²) in [5.74, 6) is -0.141. The van der Waals surface area contributed by atoms with Crippen molar-refractivity contribution < 1.29 is 28.9 Å². The number of aliphatic hydroxyl groups is 1. The monoisotopic (exact) mass is 495 g/mol. The normalized spacial score (nSPS) is 17.1. The molecule has 2 aromatic carbocycles. The highest BCUT2D eigenvalue weighted by molar-refractivity contribution is 6.46. The Morgan fingerprint density at radius 2 is 1.61 bits per heavy atom. The summed E-state index contributed by atoms with van der Waals surface area (Å²) in [6.45, 7) is 7.43. The van der Waals surface area contributed by atoms with Crippen LogP contribution in [0.25, 0.3) is 5.76 Å². The molecule has 1 heterocycles. The van der Waals surface area contributed by atoms with Gasteiger partial charge in [-0.2, -0.15) is 0 Å². The Morgan fingerprint density at radius 1 is 0.944 bits per heavy atom. The molecule has 1 aliphatic rings. The molecule has 194 valence electrons. The van der Waals surface area contributed by atoms with Crippen molar-refractivity contribution in [1.29, 1.82) is 0 Å². The van der Waals surface area contributed by atoms with Crippen molar-refractivity contribution in [2.24, 2.45) is 0 Å². The first-order valence-corrected chi connectivity index (χ1v) is 12.6. The fourth-order valence-electron chi connectivity index (χ4n) is 4.24. The van der Waals surface area contributed by atoms with Crippen LogP contribution in [0.4, 0.5) is 0 Å². The predicted octanol–water partition coefficient (Wildman–Crippen LogP) is 5.50. The number of Topliss-reactive ketones (excluding diaryl/α,β-unsaturated/α-hetero) is 1. The lowest BCUT2D eigenvalue weighted by atomic mass is 9.95. The standard InChI is InChI=1S/C29H37NO6/c1-5-6-7-19-35-23-13-9-21(10-14-23)26-25(28(32)29(33)30(26)17-8-18-34-4)27(31)22-11-15-24(16-12-22)36-20(2)3/h9-16,20,26,31H,5-8,17-19H2,1-4H3. The van der Waals surface area contributed by atoms with Crippen LogP contribution in [-0.4, -0.2) is 54.7 Å². The molecule has 7 nitrogen and oxygen atoms in total. The van der Waals surface area contributed by atoms with E-state index in [9.17, 15) is 14.7 Å². The fourth-order valence-corrected chi connectivity index (χ4v) is 4.24. The van der Waals surface area contributed by atoms with Gasteiger partial charge in [0.1, 0.15) is 17.3 Å². The highest BCUT2D eigenvalue weighted by atomic mass is 16.5. The number of carbonyl (C=O) groups is 2. The number of amides is 1. The predicted molar refractivity (Wildman–Crippen MR) is 139 cm³/mol. The number of aliphatic hydroxyl groups excluding tert-OH is 1. The van der Waals surface area contributed by atoms with E-state index in [-0.39, 0.29) is 17.4 Å². The lowest BCUT2D eigenvalue weighted by Gasteiger charge is -2.25. The van der Waals surface area contributed by atoms with Gasteiger partial charge in [0.15, 0.2) is 0 Å². The summed E-state index contributed by atoms with van der Waals surface area (Å²) in [6.07, 6.45) is 3.80. The van der Waals surface area contributed by atoms with Gasteiger partial charge in [-0.15, -0.1) is 0 Å². The molecule has 0 spiro atoms. The maximum absolute atomic E-state index is 13.1. The lowest BCUT2D eigenvalue weighted by Crippen LogP contribution is -2.31. The van der Waals surface area contributed by atoms with Gasteiger partial charge in [-0.3, -0.25) is 9.59 Å². The topological polar surface area (TPSA) is 85.3 Å². The van der Waals surface area contributed by atoms with Crippen LogP contribution in [0.1, 0.15) is 63.6 Å². The number of likely N-dealkylation sites (tertiary alicyclic amines) is 1. The molecule has 0 aromatic heterocycles. The zero-order chi connectivity index (χ0) is 26.1. The molecule has 0 radical (unpaired) electrons. The summed E-state index contributed by atoms with van der Waals surface area (Å²) in [5, 5.41) is 11.2. The molecule has 7 heteroatoms. The zero-order valence-electron chi connectivity index (χ0n) is 21.7. The van der Waals surface area contributed by atoms with Crippen LogP contribution < -0.4 is 9.47 Å². The number of benzene rings is 2. The molecular weight excluding hydrogens is 458 g/mol. The molecule has 0 aliphatic carbocycles. The van der Waals surface area contributed by atoms with E-state index in [1.807, 2.05) is 38.1 Å². The van der Waals surface area contributed by atoms with Gasteiger partial charge in [-0.05, 0) is 68.7 Å². The molecule has 1 amide bonds. The van der Waals surface area contributed by atoms with E-state index >= 15 is 0 Å². The number of ketones is 1. The summed E-state index contributed by atoms with van der Waals surface area (Å²) < 4.78 is 16.6. The molecule has 3 rings (SSSR count). The molecule has 1 N–H and O–H groups in total. The second-order valence-corrected chi connectivity index (χ2v) is 9.15. The summed E-state index contributed by atoms with van der Waals surface area (Å²) in [7, 11) is 1.59. The second kappa shape index (κ2) is 13.1. The quantitative estimate of drug-likeness (QED) is 0.171. The highest BCUT2D eigenvalue weighted by Gasteiger charge is 2.45. The Hall–Kier alpha value is -3.32. The van der Waals surface area contributed by atoms with Gasteiger partial charge in [-0.25, -0.2) is 0 Å². The van der Waals surface area contributed by atoms with Crippen molar-refractivity contribution in [1.82, 2.24) is 4.90 Å². The first-order valence-electron chi connectivity index (χ1n) is 12.6. The number of ether oxygens (including phenoxy) is 3. The van der Waals surface area contributed by atoms with Gasteiger partial charge in [0.25, 0.3) is 11.7 Å². The van der Waals surface area contributed by atoms with E-state index in [1.165, 1.54) is 4.90 Å². The smallest absolute Gasteiger partial charge is 0.295 e. The van der Waals surface area contributed by atoms with Crippen LogP contribution in [0, 0.1) is 0 Å². The van der Waals surface area contributed by atoms with Gasteiger partial charge in [0.05, 0.1) is 24.3 Å². The molecule has 0 bridgehead atoms. The van der Waals surface area contributed by atoms with Gasteiger partial charge < -0.3 is 24.2 Å². The minimum atomic E-state index is -0.706. The number of carbonyl (C=O) groups excluding carboxylic acids is 2. The van der Waals surface area contributed by atoms with Gasteiger partial charge in [0.2, 0.25) is 0 Å². The molecule has 1 saturated heterocycles. The average Bonchev–Trinajstić information content (AvgIpc) is 3.12. The van der Waals surface area contributed by atoms with Crippen LogP contribution in [0.2, 0.25) is 0 Å².